The summed E-state index contributed by atoms with van der Waals surface area (Å²) in [5, 5.41) is 9.01. The number of rotatable bonds is 0. The van der Waals surface area contributed by atoms with Crippen molar-refractivity contribution in [3.8, 4) is 0 Å². The third-order valence-corrected chi connectivity index (χ3v) is 0.0436. The summed E-state index contributed by atoms with van der Waals surface area (Å²) in [6.07, 6.45) is 0. The second kappa shape index (κ2) is 2.40. The lowest BCUT2D eigenvalue weighted by Crippen LogP contribution is -1.45. The van der Waals surface area contributed by atoms with Crippen LogP contribution in [-0.4, -0.2) is 11.7 Å². The lowest BCUT2D eigenvalue weighted by Gasteiger charge is -1.50. The van der Waals surface area contributed by atoms with Crippen LogP contribution in [0.1, 0.15) is 0 Å². The van der Waals surface area contributed by atoms with Gasteiger partial charge in [0.05, 0.1) is 0 Å². The molecule has 0 rings (SSSR count). The van der Waals surface area contributed by atoms with Crippen LogP contribution in [0.2, 0.25) is 0 Å². The summed E-state index contributed by atoms with van der Waals surface area (Å²) in [7, 11) is 0. The molecule has 0 aromatic heterocycles. The number of nitrogens with zero attached hydrogens (tertiary/aromatic N) is 1. The Bertz CT molecular complexity index is 23.2. The minimum atomic E-state index is -0.194. The van der Waals surface area contributed by atoms with Gasteiger partial charge in [-0.25, -0.2) is 0 Å². The highest BCUT2D eigenvalue weighted by Crippen LogP contribution is 1.44. The third-order valence-electron chi connectivity index (χ3n) is 0.0436. The van der Waals surface area contributed by atoms with Crippen molar-refractivity contribution >= 4 is 6.47 Å². The van der Waals surface area contributed by atoms with Crippen LogP contribution < -0.4 is 0 Å². The first-order chi connectivity index (χ1) is 1.91. The molecule has 0 aliphatic rings. The Hall–Kier alpha value is -0.600. The van der Waals surface area contributed by atoms with Gasteiger partial charge in [-0.3, -0.25) is 0 Å². The first-order valence-corrected chi connectivity index (χ1v) is 0.676. The molecule has 0 amide bonds. The lowest BCUT2D eigenvalue weighted by molar-refractivity contribution is 0.315. The van der Waals surface area contributed by atoms with E-state index in [1.165, 1.54) is 0 Å². The highest BCUT2D eigenvalue weighted by atomic mass is 19.1. The smallest absolute Gasteiger partial charge is 0.214 e. The van der Waals surface area contributed by atoms with Crippen molar-refractivity contribution in [2.75, 3.05) is 0 Å². The topological polar surface area (TPSA) is 32.6 Å². The molecule has 0 radical (unpaired) electrons. The van der Waals surface area contributed by atoms with E-state index in [9.17, 15) is 4.39 Å². The van der Waals surface area contributed by atoms with Gasteiger partial charge in [0.25, 0.3) is 0 Å². The van der Waals surface area contributed by atoms with Crippen molar-refractivity contribution < 1.29 is 9.60 Å². The molecule has 0 bridgehead atoms. The zero-order valence-electron chi connectivity index (χ0n) is 1.85. The van der Waals surface area contributed by atoms with Gasteiger partial charge in [0.15, 0.2) is 0 Å². The fourth-order valence-corrected chi connectivity index (χ4v) is 0. The van der Waals surface area contributed by atoms with Crippen LogP contribution in [0.15, 0.2) is 5.16 Å². The quantitative estimate of drug-likeness (QED) is 0.246. The van der Waals surface area contributed by atoms with E-state index in [1.54, 1.807) is 0 Å². The molecular formula is CH2FNO. The number of hydrogen-bond acceptors (Lipinski definition) is 2. The first-order valence-electron chi connectivity index (χ1n) is 0.676. The molecule has 0 aliphatic carbocycles. The average Bonchev–Trinajstić information content (AvgIpc) is 1.37. The van der Waals surface area contributed by atoms with Gasteiger partial charge in [-0.1, -0.05) is 5.16 Å². The molecule has 1 N–H and O–H groups in total. The number of hydrogen-bond donors (Lipinski definition) is 1. The Balaban J connectivity index is 2.55. The lowest BCUT2D eigenvalue weighted by atomic mass is 11.6. The SMILES string of the molecule is ON=CF. The molecule has 0 aromatic carbocycles. The molecule has 0 saturated carbocycles. The zero-order chi connectivity index (χ0) is 3.41. The second-order valence-electron chi connectivity index (χ2n) is 0.213. The number of oxime groups is 1. The fourth-order valence-electron chi connectivity index (χ4n) is 0. The van der Waals surface area contributed by atoms with E-state index in [0.29, 0.717) is 0 Å². The molecule has 2 nitrogen and oxygen atoms in total. The standard InChI is InChI=1S/CH2FNO/c2-1-3-4/h1,4H. The van der Waals surface area contributed by atoms with E-state index in [0.717, 1.165) is 0 Å². The van der Waals surface area contributed by atoms with Crippen LogP contribution in [0, 0.1) is 0 Å². The van der Waals surface area contributed by atoms with Gasteiger partial charge in [0, 0.05) is 0 Å². The number of halogens is 1. The normalized spacial score (nSPS) is 9.25. The Morgan fingerprint density at radius 3 is 2.25 bits per heavy atom. The maximum Gasteiger partial charge on any atom is 0.214 e. The van der Waals surface area contributed by atoms with Crippen LogP contribution in [0.3, 0.4) is 0 Å². The van der Waals surface area contributed by atoms with Gasteiger partial charge in [-0.2, -0.15) is 4.39 Å². The molecule has 0 aliphatic heterocycles. The Morgan fingerprint density at radius 2 is 2.25 bits per heavy atom. The highest BCUT2D eigenvalue weighted by Gasteiger charge is 1.40. The zero-order valence-corrected chi connectivity index (χ0v) is 1.85. The summed E-state index contributed by atoms with van der Waals surface area (Å²) in [6.45, 7) is -0.194. The van der Waals surface area contributed by atoms with Crippen molar-refractivity contribution in [3.63, 3.8) is 0 Å². The van der Waals surface area contributed by atoms with Crippen LogP contribution in [0.25, 0.3) is 0 Å². The second-order valence-corrected chi connectivity index (χ2v) is 0.213. The van der Waals surface area contributed by atoms with Crippen LogP contribution >= 0.6 is 0 Å². The molecule has 0 unspecified atom stereocenters. The van der Waals surface area contributed by atoms with Gasteiger partial charge >= 0.3 is 0 Å². The minimum Gasteiger partial charge on any atom is -0.409 e. The van der Waals surface area contributed by atoms with Crippen molar-refractivity contribution in [3.05, 3.63) is 0 Å². The van der Waals surface area contributed by atoms with E-state index >= 15 is 0 Å². The molecule has 3 heteroatoms. The van der Waals surface area contributed by atoms with Crippen molar-refractivity contribution in [1.82, 2.24) is 0 Å². The summed E-state index contributed by atoms with van der Waals surface area (Å²) in [4.78, 5) is 0. The maximum atomic E-state index is 10.2. The minimum absolute atomic E-state index is 0.194. The Kier molecular flexibility index (Phi) is 2.04. The van der Waals surface area contributed by atoms with Gasteiger partial charge in [0.1, 0.15) is 0 Å². The monoisotopic (exact) mass is 63.0 g/mol. The molecular weight excluding hydrogens is 61.0 g/mol. The first kappa shape index (κ1) is 3.40. The molecule has 0 saturated heterocycles. The van der Waals surface area contributed by atoms with E-state index in [1.807, 2.05) is 5.16 Å². The molecule has 0 fully saturated rings. The average molecular weight is 63.0 g/mol. The fraction of sp³-hybridized carbons (Fsp3) is 0. The largest absolute Gasteiger partial charge is 0.409 e. The van der Waals surface area contributed by atoms with Crippen LogP contribution in [0.5, 0.6) is 0 Å². The molecule has 0 atom stereocenters. The van der Waals surface area contributed by atoms with E-state index in [2.05, 4.69) is 0 Å². The van der Waals surface area contributed by atoms with E-state index in [-0.39, 0.29) is 6.47 Å². The summed E-state index contributed by atoms with van der Waals surface area (Å²) in [5.74, 6) is 0. The summed E-state index contributed by atoms with van der Waals surface area (Å²) < 4.78 is 10.2. The Morgan fingerprint density at radius 1 is 2.00 bits per heavy atom. The molecule has 0 heterocycles. The van der Waals surface area contributed by atoms with Crippen molar-refractivity contribution in [2.45, 2.75) is 0 Å². The van der Waals surface area contributed by atoms with Crippen LogP contribution in [0.4, 0.5) is 4.39 Å². The Labute approximate surface area is 22.5 Å². The predicted octanol–water partition coefficient (Wildman–Crippen LogP) is 0.373. The summed E-state index contributed by atoms with van der Waals surface area (Å²) >= 11 is 0. The van der Waals surface area contributed by atoms with Crippen molar-refractivity contribution in [1.29, 1.82) is 0 Å². The van der Waals surface area contributed by atoms with Gasteiger partial charge in [0.2, 0.25) is 6.47 Å². The molecule has 4 heavy (non-hydrogen) atoms. The third kappa shape index (κ3) is 1.40. The van der Waals surface area contributed by atoms with Gasteiger partial charge in [-0.15, -0.1) is 0 Å². The van der Waals surface area contributed by atoms with Gasteiger partial charge in [-0.05, 0) is 0 Å². The molecule has 24 valence electrons. The molecule has 0 aromatic rings. The van der Waals surface area contributed by atoms with E-state index < -0.39 is 0 Å². The maximum absolute atomic E-state index is 10.2. The van der Waals surface area contributed by atoms with Crippen molar-refractivity contribution in [2.24, 2.45) is 5.16 Å². The van der Waals surface area contributed by atoms with E-state index in [4.69, 9.17) is 5.21 Å². The van der Waals surface area contributed by atoms with Gasteiger partial charge < -0.3 is 5.21 Å². The van der Waals surface area contributed by atoms with Crippen LogP contribution in [-0.2, 0) is 0 Å². The summed E-state index contributed by atoms with van der Waals surface area (Å²) in [6, 6.07) is 0. The highest BCUT2D eigenvalue weighted by molar-refractivity contribution is 5.42. The summed E-state index contributed by atoms with van der Waals surface area (Å²) in [5.41, 5.74) is 0. The molecule has 0 spiro atoms. The predicted molar refractivity (Wildman–Crippen MR) is 11.4 cm³/mol.